The van der Waals surface area contributed by atoms with Gasteiger partial charge in [0.25, 0.3) is 9.70 Å². The molecule has 1 aliphatic heterocycles. The topological polar surface area (TPSA) is 32.3 Å². The average Bonchev–Trinajstić information content (AvgIpc) is 2.14. The summed E-state index contributed by atoms with van der Waals surface area (Å²) >= 11 is 17.0. The van der Waals surface area contributed by atoms with Crippen LogP contribution < -0.4 is 5.32 Å². The van der Waals surface area contributed by atoms with Gasteiger partial charge in [-0.15, -0.1) is 0 Å². The van der Waals surface area contributed by atoms with Crippen LogP contribution in [0.15, 0.2) is 0 Å². The molecule has 1 saturated heterocycles. The molecule has 0 aromatic heterocycles. The van der Waals surface area contributed by atoms with Crippen molar-refractivity contribution >= 4 is 40.7 Å². The molecule has 2 atom stereocenters. The van der Waals surface area contributed by atoms with E-state index in [1.807, 2.05) is 6.92 Å². The van der Waals surface area contributed by atoms with Crippen molar-refractivity contribution in [2.45, 2.75) is 36.6 Å². The first-order chi connectivity index (χ1) is 7.23. The third kappa shape index (κ3) is 3.39. The van der Waals surface area contributed by atoms with Crippen molar-refractivity contribution in [1.82, 2.24) is 10.2 Å². The van der Waals surface area contributed by atoms with E-state index in [1.165, 1.54) is 0 Å². The van der Waals surface area contributed by atoms with Crippen LogP contribution in [0, 0.1) is 5.92 Å². The predicted molar refractivity (Wildman–Crippen MR) is 68.1 cm³/mol. The molecule has 6 heteroatoms. The molecule has 0 radical (unpaired) electrons. The summed E-state index contributed by atoms with van der Waals surface area (Å²) in [6.07, 6.45) is 0. The van der Waals surface area contributed by atoms with Crippen molar-refractivity contribution in [3.63, 3.8) is 0 Å². The lowest BCUT2D eigenvalue weighted by Crippen LogP contribution is -2.61. The van der Waals surface area contributed by atoms with Crippen LogP contribution >= 0.6 is 34.8 Å². The number of carbonyl (C=O) groups is 1. The molecule has 1 rings (SSSR count). The largest absolute Gasteiger partial charge is 0.333 e. The quantitative estimate of drug-likeness (QED) is 0.750. The highest BCUT2D eigenvalue weighted by atomic mass is 35.6. The molecule has 0 aliphatic carbocycles. The lowest BCUT2D eigenvalue weighted by atomic mass is 9.99. The first-order valence-corrected chi connectivity index (χ1v) is 6.48. The number of piperazine rings is 1. The Hall–Kier alpha value is 0.300. The first kappa shape index (κ1) is 14.4. The number of hydrogen-bond acceptors (Lipinski definition) is 2. The number of hydrogen-bond donors (Lipinski definition) is 1. The Bertz CT molecular complexity index is 265. The second-order valence-electron chi connectivity index (χ2n) is 4.58. The van der Waals surface area contributed by atoms with Gasteiger partial charge in [-0.05, 0) is 12.8 Å². The van der Waals surface area contributed by atoms with E-state index >= 15 is 0 Å². The van der Waals surface area contributed by atoms with Crippen molar-refractivity contribution in [1.29, 1.82) is 0 Å². The number of alkyl halides is 3. The Labute approximate surface area is 111 Å². The fourth-order valence-electron chi connectivity index (χ4n) is 1.92. The monoisotopic (exact) mass is 286 g/mol. The molecule has 3 nitrogen and oxygen atoms in total. The number of amides is 1. The number of rotatable bonds is 1. The van der Waals surface area contributed by atoms with Crippen LogP contribution in [0.1, 0.15) is 20.8 Å². The standard InChI is InChI=1S/C10H17Cl3N2O/c1-6(2)8-4-14-7(3)5-15(8)9(16)10(11,12)13/h6-8,14H,4-5H2,1-3H3. The second kappa shape index (κ2) is 5.30. The van der Waals surface area contributed by atoms with Gasteiger partial charge in [0.2, 0.25) is 0 Å². The minimum absolute atomic E-state index is 0.0827. The Morgan fingerprint density at radius 2 is 2.00 bits per heavy atom. The van der Waals surface area contributed by atoms with Crippen LogP contribution in [0.2, 0.25) is 0 Å². The molecule has 94 valence electrons. The number of halogens is 3. The molecule has 1 aliphatic rings. The maximum absolute atomic E-state index is 12.0. The maximum Gasteiger partial charge on any atom is 0.275 e. The van der Waals surface area contributed by atoms with E-state index in [0.29, 0.717) is 12.5 Å². The maximum atomic E-state index is 12.0. The van der Waals surface area contributed by atoms with Crippen LogP contribution in [-0.4, -0.2) is 39.8 Å². The zero-order valence-electron chi connectivity index (χ0n) is 9.64. The highest BCUT2D eigenvalue weighted by Gasteiger charge is 2.41. The summed E-state index contributed by atoms with van der Waals surface area (Å²) in [7, 11) is 0. The van der Waals surface area contributed by atoms with E-state index < -0.39 is 9.70 Å². The molecule has 16 heavy (non-hydrogen) atoms. The van der Waals surface area contributed by atoms with Gasteiger partial charge in [0.15, 0.2) is 0 Å². The summed E-state index contributed by atoms with van der Waals surface area (Å²) in [5.41, 5.74) is 0. The molecule has 0 saturated carbocycles. The minimum atomic E-state index is -1.86. The molecule has 1 N–H and O–H groups in total. The Kier molecular flexibility index (Phi) is 4.76. The zero-order chi connectivity index (χ0) is 12.5. The molecule has 1 heterocycles. The van der Waals surface area contributed by atoms with E-state index in [9.17, 15) is 4.79 Å². The van der Waals surface area contributed by atoms with E-state index in [4.69, 9.17) is 34.8 Å². The zero-order valence-corrected chi connectivity index (χ0v) is 11.9. The van der Waals surface area contributed by atoms with Gasteiger partial charge >= 0.3 is 0 Å². The fraction of sp³-hybridized carbons (Fsp3) is 0.900. The average molecular weight is 288 g/mol. The SMILES string of the molecule is CC1CN(C(=O)C(Cl)(Cl)Cl)C(C(C)C)CN1. The van der Waals surface area contributed by atoms with Gasteiger partial charge in [0, 0.05) is 25.2 Å². The third-order valence-electron chi connectivity index (χ3n) is 2.82. The number of nitrogens with zero attached hydrogens (tertiary/aromatic N) is 1. The predicted octanol–water partition coefficient (Wildman–Crippen LogP) is 2.20. The highest BCUT2D eigenvalue weighted by Crippen LogP contribution is 2.31. The second-order valence-corrected chi connectivity index (χ2v) is 6.86. The molecule has 0 bridgehead atoms. The van der Waals surface area contributed by atoms with Gasteiger partial charge in [-0.3, -0.25) is 4.79 Å². The molecular formula is C10H17Cl3N2O. The number of nitrogens with one attached hydrogen (secondary N) is 1. The molecule has 1 amide bonds. The lowest BCUT2D eigenvalue weighted by molar-refractivity contribution is -0.135. The van der Waals surface area contributed by atoms with E-state index in [-0.39, 0.29) is 12.1 Å². The summed E-state index contributed by atoms with van der Waals surface area (Å²) < 4.78 is -1.86. The summed E-state index contributed by atoms with van der Waals surface area (Å²) in [4.78, 5) is 13.7. The van der Waals surface area contributed by atoms with E-state index in [0.717, 1.165) is 6.54 Å². The van der Waals surface area contributed by atoms with Crippen molar-refractivity contribution in [3.8, 4) is 0 Å². The molecule has 0 aromatic carbocycles. The van der Waals surface area contributed by atoms with Crippen molar-refractivity contribution in [3.05, 3.63) is 0 Å². The van der Waals surface area contributed by atoms with Crippen LogP contribution in [0.4, 0.5) is 0 Å². The third-order valence-corrected chi connectivity index (χ3v) is 3.30. The Balaban J connectivity index is 2.83. The first-order valence-electron chi connectivity index (χ1n) is 5.34. The highest BCUT2D eigenvalue weighted by molar-refractivity contribution is 6.76. The summed E-state index contributed by atoms with van der Waals surface area (Å²) in [5.74, 6) is -0.0964. The van der Waals surface area contributed by atoms with Gasteiger partial charge < -0.3 is 10.2 Å². The smallest absolute Gasteiger partial charge is 0.275 e. The van der Waals surface area contributed by atoms with Crippen molar-refractivity contribution in [2.24, 2.45) is 5.92 Å². The van der Waals surface area contributed by atoms with Crippen LogP contribution in [0.3, 0.4) is 0 Å². The van der Waals surface area contributed by atoms with Gasteiger partial charge in [-0.2, -0.15) is 0 Å². The van der Waals surface area contributed by atoms with Crippen LogP contribution in [0.25, 0.3) is 0 Å². The molecule has 2 unspecified atom stereocenters. The fourth-order valence-corrected chi connectivity index (χ4v) is 2.24. The van der Waals surface area contributed by atoms with Crippen molar-refractivity contribution < 1.29 is 4.79 Å². The summed E-state index contributed by atoms with van der Waals surface area (Å²) in [6, 6.07) is 0.311. The van der Waals surface area contributed by atoms with Gasteiger partial charge in [0.05, 0.1) is 0 Å². The number of carbonyl (C=O) groups excluding carboxylic acids is 1. The molecule has 0 spiro atoms. The molecular weight excluding hydrogens is 270 g/mol. The Morgan fingerprint density at radius 3 is 2.44 bits per heavy atom. The van der Waals surface area contributed by atoms with Crippen molar-refractivity contribution in [2.75, 3.05) is 13.1 Å². The van der Waals surface area contributed by atoms with Gasteiger partial charge in [-0.25, -0.2) is 0 Å². The minimum Gasteiger partial charge on any atom is -0.333 e. The van der Waals surface area contributed by atoms with Gasteiger partial charge in [0.1, 0.15) is 0 Å². The van der Waals surface area contributed by atoms with Crippen LogP contribution in [-0.2, 0) is 4.79 Å². The Morgan fingerprint density at radius 1 is 1.44 bits per heavy atom. The van der Waals surface area contributed by atoms with E-state index in [1.54, 1.807) is 4.90 Å². The normalized spacial score (nSPS) is 27.3. The van der Waals surface area contributed by atoms with E-state index in [2.05, 4.69) is 19.2 Å². The summed E-state index contributed by atoms with van der Waals surface area (Å²) in [6.45, 7) is 7.44. The summed E-state index contributed by atoms with van der Waals surface area (Å²) in [5, 5.41) is 3.33. The van der Waals surface area contributed by atoms with Gasteiger partial charge in [-0.1, -0.05) is 48.7 Å². The molecule has 0 aromatic rings. The lowest BCUT2D eigenvalue weighted by Gasteiger charge is -2.42. The molecule has 1 fully saturated rings. The van der Waals surface area contributed by atoms with Crippen LogP contribution in [0.5, 0.6) is 0 Å².